The molecule has 3 nitrogen and oxygen atoms in total. The predicted octanol–water partition coefficient (Wildman–Crippen LogP) is 2.26. The molecule has 1 unspecified atom stereocenters. The standard InChI is InChI=1S/C12H13FN2O/c13-8-3-4-10-11(15-16-12(10)6-8)7-9-2-1-5-14-9/h3-4,6,9,14H,1-2,5,7H2. The molecule has 3 rings (SSSR count). The van der Waals surface area contributed by atoms with Gasteiger partial charge in [0.05, 0.1) is 5.69 Å². The van der Waals surface area contributed by atoms with E-state index in [4.69, 9.17) is 4.52 Å². The van der Waals surface area contributed by atoms with Crippen LogP contribution in [0.4, 0.5) is 4.39 Å². The maximum atomic E-state index is 13.0. The average Bonchev–Trinajstić information content (AvgIpc) is 2.89. The van der Waals surface area contributed by atoms with E-state index in [0.717, 1.165) is 24.0 Å². The lowest BCUT2D eigenvalue weighted by Gasteiger charge is -2.06. The van der Waals surface area contributed by atoms with E-state index in [1.165, 1.54) is 25.0 Å². The van der Waals surface area contributed by atoms with Crippen LogP contribution in [0.25, 0.3) is 11.0 Å². The van der Waals surface area contributed by atoms with Crippen molar-refractivity contribution < 1.29 is 8.91 Å². The molecule has 2 aromatic rings. The van der Waals surface area contributed by atoms with Crippen LogP contribution in [0.2, 0.25) is 0 Å². The quantitative estimate of drug-likeness (QED) is 0.843. The van der Waals surface area contributed by atoms with Crippen molar-refractivity contribution in [1.82, 2.24) is 10.5 Å². The van der Waals surface area contributed by atoms with Crippen LogP contribution in [0.15, 0.2) is 22.7 Å². The van der Waals surface area contributed by atoms with Gasteiger partial charge in [0.1, 0.15) is 5.82 Å². The van der Waals surface area contributed by atoms with E-state index >= 15 is 0 Å². The SMILES string of the molecule is Fc1ccc2c(CC3CCCN3)noc2c1. The molecule has 1 fully saturated rings. The summed E-state index contributed by atoms with van der Waals surface area (Å²) in [6, 6.07) is 5.06. The maximum Gasteiger partial charge on any atom is 0.170 e. The summed E-state index contributed by atoms with van der Waals surface area (Å²) >= 11 is 0. The van der Waals surface area contributed by atoms with Gasteiger partial charge < -0.3 is 9.84 Å². The van der Waals surface area contributed by atoms with Crippen LogP contribution in [0.5, 0.6) is 0 Å². The molecule has 0 bridgehead atoms. The van der Waals surface area contributed by atoms with Crippen LogP contribution < -0.4 is 5.32 Å². The fraction of sp³-hybridized carbons (Fsp3) is 0.417. The third-order valence-corrected chi connectivity index (χ3v) is 3.11. The number of nitrogens with one attached hydrogen (secondary N) is 1. The van der Waals surface area contributed by atoms with Crippen LogP contribution in [0, 0.1) is 5.82 Å². The van der Waals surface area contributed by atoms with E-state index in [9.17, 15) is 4.39 Å². The minimum absolute atomic E-state index is 0.283. The molecule has 1 aliphatic rings. The highest BCUT2D eigenvalue weighted by Gasteiger charge is 2.18. The van der Waals surface area contributed by atoms with E-state index in [1.807, 2.05) is 0 Å². The Morgan fingerprint density at radius 3 is 3.25 bits per heavy atom. The van der Waals surface area contributed by atoms with Gasteiger partial charge in [0.2, 0.25) is 0 Å². The lowest BCUT2D eigenvalue weighted by Crippen LogP contribution is -2.23. The van der Waals surface area contributed by atoms with Gasteiger partial charge in [-0.25, -0.2) is 4.39 Å². The number of benzene rings is 1. The molecule has 0 radical (unpaired) electrons. The lowest BCUT2D eigenvalue weighted by atomic mass is 10.1. The second-order valence-electron chi connectivity index (χ2n) is 4.27. The first kappa shape index (κ1) is 9.78. The van der Waals surface area contributed by atoms with Crippen LogP contribution in [0.1, 0.15) is 18.5 Å². The molecule has 0 amide bonds. The molecule has 16 heavy (non-hydrogen) atoms. The zero-order valence-electron chi connectivity index (χ0n) is 8.87. The Balaban J connectivity index is 1.91. The number of hydrogen-bond acceptors (Lipinski definition) is 3. The summed E-state index contributed by atoms with van der Waals surface area (Å²) in [7, 11) is 0. The van der Waals surface area contributed by atoms with Crippen molar-refractivity contribution in [2.24, 2.45) is 0 Å². The Bertz CT molecular complexity index is 503. The Kier molecular flexibility index (Phi) is 2.36. The van der Waals surface area contributed by atoms with Gasteiger partial charge in [0.15, 0.2) is 5.58 Å². The summed E-state index contributed by atoms with van der Waals surface area (Å²) in [6.45, 7) is 1.08. The fourth-order valence-corrected chi connectivity index (χ4v) is 2.28. The molecule has 1 N–H and O–H groups in total. The predicted molar refractivity (Wildman–Crippen MR) is 58.7 cm³/mol. The number of hydrogen-bond donors (Lipinski definition) is 1. The van der Waals surface area contributed by atoms with Gasteiger partial charge in [-0.1, -0.05) is 5.16 Å². The Morgan fingerprint density at radius 1 is 1.50 bits per heavy atom. The van der Waals surface area contributed by atoms with Crippen LogP contribution >= 0.6 is 0 Å². The molecule has 1 aromatic heterocycles. The summed E-state index contributed by atoms with van der Waals surface area (Å²) < 4.78 is 18.1. The minimum Gasteiger partial charge on any atom is -0.356 e. The van der Waals surface area contributed by atoms with E-state index in [-0.39, 0.29) is 5.82 Å². The van der Waals surface area contributed by atoms with Crippen molar-refractivity contribution in [3.63, 3.8) is 0 Å². The van der Waals surface area contributed by atoms with Gasteiger partial charge >= 0.3 is 0 Å². The third kappa shape index (κ3) is 1.69. The first-order chi connectivity index (χ1) is 7.83. The van der Waals surface area contributed by atoms with Crippen molar-refractivity contribution in [2.75, 3.05) is 6.54 Å². The van der Waals surface area contributed by atoms with E-state index in [0.29, 0.717) is 11.6 Å². The van der Waals surface area contributed by atoms with Crippen molar-refractivity contribution in [3.05, 3.63) is 29.7 Å². The van der Waals surface area contributed by atoms with E-state index < -0.39 is 0 Å². The second-order valence-corrected chi connectivity index (χ2v) is 4.27. The molecule has 1 aliphatic heterocycles. The molecule has 0 aliphatic carbocycles. The molecule has 1 saturated heterocycles. The molecule has 2 heterocycles. The summed E-state index contributed by atoms with van der Waals surface area (Å²) in [5.41, 5.74) is 1.46. The molecular formula is C12H13FN2O. The largest absolute Gasteiger partial charge is 0.356 e. The van der Waals surface area contributed by atoms with Crippen LogP contribution in [-0.4, -0.2) is 17.7 Å². The van der Waals surface area contributed by atoms with Crippen molar-refractivity contribution in [3.8, 4) is 0 Å². The van der Waals surface area contributed by atoms with E-state index in [1.54, 1.807) is 6.07 Å². The Morgan fingerprint density at radius 2 is 2.44 bits per heavy atom. The number of nitrogens with zero attached hydrogens (tertiary/aromatic N) is 1. The highest BCUT2D eigenvalue weighted by molar-refractivity contribution is 5.79. The van der Waals surface area contributed by atoms with Gasteiger partial charge in [-0.3, -0.25) is 0 Å². The normalized spacial score (nSPS) is 20.7. The number of fused-ring (bicyclic) bond motifs is 1. The highest BCUT2D eigenvalue weighted by Crippen LogP contribution is 2.22. The highest BCUT2D eigenvalue weighted by atomic mass is 19.1. The van der Waals surface area contributed by atoms with Gasteiger partial charge in [-0.2, -0.15) is 0 Å². The number of rotatable bonds is 2. The first-order valence-corrected chi connectivity index (χ1v) is 5.60. The summed E-state index contributed by atoms with van der Waals surface area (Å²) in [4.78, 5) is 0. The van der Waals surface area contributed by atoms with Crippen molar-refractivity contribution >= 4 is 11.0 Å². The Labute approximate surface area is 92.6 Å². The smallest absolute Gasteiger partial charge is 0.170 e. The van der Waals surface area contributed by atoms with Crippen LogP contribution in [-0.2, 0) is 6.42 Å². The zero-order valence-corrected chi connectivity index (χ0v) is 8.87. The lowest BCUT2D eigenvalue weighted by molar-refractivity contribution is 0.437. The zero-order chi connectivity index (χ0) is 11.0. The van der Waals surface area contributed by atoms with Gasteiger partial charge in [-0.05, 0) is 31.5 Å². The first-order valence-electron chi connectivity index (χ1n) is 5.60. The Hall–Kier alpha value is -1.42. The van der Waals surface area contributed by atoms with E-state index in [2.05, 4.69) is 10.5 Å². The summed E-state index contributed by atoms with van der Waals surface area (Å²) in [6.07, 6.45) is 3.25. The molecule has 84 valence electrons. The van der Waals surface area contributed by atoms with Gasteiger partial charge in [-0.15, -0.1) is 0 Å². The molecule has 0 saturated carbocycles. The molecule has 4 heteroatoms. The second kappa shape index (κ2) is 3.87. The average molecular weight is 220 g/mol. The maximum absolute atomic E-state index is 13.0. The molecule has 0 spiro atoms. The fourth-order valence-electron chi connectivity index (χ4n) is 2.28. The molecule has 1 atom stereocenters. The molecule has 1 aromatic carbocycles. The number of aromatic nitrogens is 1. The van der Waals surface area contributed by atoms with Gasteiger partial charge in [0, 0.05) is 23.9 Å². The minimum atomic E-state index is -0.283. The summed E-state index contributed by atoms with van der Waals surface area (Å²) in [5.74, 6) is -0.283. The summed E-state index contributed by atoms with van der Waals surface area (Å²) in [5, 5.41) is 8.36. The number of halogens is 1. The molecular weight excluding hydrogens is 207 g/mol. The van der Waals surface area contributed by atoms with Crippen molar-refractivity contribution in [2.45, 2.75) is 25.3 Å². The topological polar surface area (TPSA) is 38.1 Å². The third-order valence-electron chi connectivity index (χ3n) is 3.11. The monoisotopic (exact) mass is 220 g/mol. The van der Waals surface area contributed by atoms with Gasteiger partial charge in [0.25, 0.3) is 0 Å². The van der Waals surface area contributed by atoms with Crippen LogP contribution in [0.3, 0.4) is 0 Å². The van der Waals surface area contributed by atoms with Crippen molar-refractivity contribution in [1.29, 1.82) is 0 Å².